The normalized spacial score (nSPS) is 17.3. The summed E-state index contributed by atoms with van der Waals surface area (Å²) >= 11 is 6.31. The van der Waals surface area contributed by atoms with Crippen molar-refractivity contribution in [2.24, 2.45) is 0 Å². The zero-order chi connectivity index (χ0) is 18.3. The number of anilines is 1. The number of pyridine rings is 1. The van der Waals surface area contributed by atoms with Gasteiger partial charge in [-0.1, -0.05) is 17.7 Å². The Kier molecular flexibility index (Phi) is 4.15. The zero-order valence-corrected chi connectivity index (χ0v) is 15.2. The van der Waals surface area contributed by atoms with E-state index in [1.54, 1.807) is 12.3 Å². The van der Waals surface area contributed by atoms with E-state index in [1.165, 1.54) is 0 Å². The molecule has 2 aromatic heterocycles. The van der Waals surface area contributed by atoms with Crippen LogP contribution in [-0.2, 0) is 4.79 Å². The molecule has 1 aromatic carbocycles. The van der Waals surface area contributed by atoms with Crippen LogP contribution >= 0.6 is 11.6 Å². The van der Waals surface area contributed by atoms with Crippen LogP contribution < -0.4 is 10.2 Å². The van der Waals surface area contributed by atoms with Crippen molar-refractivity contribution in [2.75, 3.05) is 18.0 Å². The molecule has 1 N–H and O–H groups in total. The maximum absolute atomic E-state index is 11.1. The van der Waals surface area contributed by atoms with Crippen molar-refractivity contribution in [3.05, 3.63) is 46.7 Å². The molecule has 3 aromatic rings. The van der Waals surface area contributed by atoms with Gasteiger partial charge in [-0.3, -0.25) is 4.98 Å². The highest BCUT2D eigenvalue weighted by molar-refractivity contribution is 6.31. The van der Waals surface area contributed by atoms with Crippen LogP contribution in [0.4, 0.5) is 6.01 Å². The topological polar surface area (TPSA) is 71.3 Å². The first-order valence-electron chi connectivity index (χ1n) is 8.36. The van der Waals surface area contributed by atoms with E-state index < -0.39 is 0 Å². The lowest BCUT2D eigenvalue weighted by Crippen LogP contribution is -2.48. The number of fused-ring (bicyclic) bond motifs is 1. The lowest BCUT2D eigenvalue weighted by Gasteiger charge is -2.33. The largest absolute Gasteiger partial charge is 0.423 e. The molecule has 0 bridgehead atoms. The molecule has 0 aliphatic carbocycles. The highest BCUT2D eigenvalue weighted by Crippen LogP contribution is 2.35. The van der Waals surface area contributed by atoms with E-state index in [4.69, 9.17) is 16.0 Å². The van der Waals surface area contributed by atoms with E-state index in [-0.39, 0.29) is 6.04 Å². The van der Waals surface area contributed by atoms with Gasteiger partial charge in [0.15, 0.2) is 5.58 Å². The highest BCUT2D eigenvalue weighted by atomic mass is 35.5. The maximum Gasteiger partial charge on any atom is 0.299 e. The SMILES string of the molecule is Cc1cccnc1-c1cc(Cl)cc2nc(N3CCNC(=C=O)C3C)oc12. The molecule has 1 saturated heterocycles. The maximum atomic E-state index is 11.1. The molecule has 1 unspecified atom stereocenters. The number of aromatic nitrogens is 2. The number of hydrogen-bond acceptors (Lipinski definition) is 6. The van der Waals surface area contributed by atoms with Gasteiger partial charge >= 0.3 is 0 Å². The Labute approximate surface area is 155 Å². The van der Waals surface area contributed by atoms with Crippen molar-refractivity contribution in [3.63, 3.8) is 0 Å². The summed E-state index contributed by atoms with van der Waals surface area (Å²) in [7, 11) is 0. The summed E-state index contributed by atoms with van der Waals surface area (Å²) in [6, 6.07) is 7.76. The molecule has 0 saturated carbocycles. The molecule has 1 fully saturated rings. The Hall–Kier alpha value is -2.82. The van der Waals surface area contributed by atoms with E-state index in [1.807, 2.05) is 42.9 Å². The molecule has 0 amide bonds. The molecule has 1 aliphatic heterocycles. The van der Waals surface area contributed by atoms with Crippen LogP contribution in [0, 0.1) is 6.92 Å². The van der Waals surface area contributed by atoms with E-state index in [0.717, 1.165) is 16.8 Å². The fourth-order valence-corrected chi connectivity index (χ4v) is 3.46. The standard InChI is InChI=1S/C19H17ClN4O2/c1-11-4-3-5-22-17(11)14-8-13(20)9-15-18(14)26-19(23-15)24-7-6-21-16(10-25)12(24)2/h3-5,8-9,12,21H,6-7H2,1-2H3. The van der Waals surface area contributed by atoms with Crippen molar-refractivity contribution in [3.8, 4) is 11.3 Å². The number of benzene rings is 1. The van der Waals surface area contributed by atoms with Crippen molar-refractivity contribution < 1.29 is 9.21 Å². The lowest BCUT2D eigenvalue weighted by molar-refractivity contribution is 0.496. The first-order chi connectivity index (χ1) is 12.6. The van der Waals surface area contributed by atoms with Gasteiger partial charge in [0.25, 0.3) is 6.01 Å². The summed E-state index contributed by atoms with van der Waals surface area (Å²) in [6.07, 6.45) is 1.74. The smallest absolute Gasteiger partial charge is 0.299 e. The van der Waals surface area contributed by atoms with Gasteiger partial charge in [-0.05, 0) is 37.6 Å². The van der Waals surface area contributed by atoms with Crippen LogP contribution in [0.15, 0.2) is 40.6 Å². The monoisotopic (exact) mass is 368 g/mol. The summed E-state index contributed by atoms with van der Waals surface area (Å²) in [4.78, 5) is 22.1. The Morgan fingerprint density at radius 3 is 3.04 bits per heavy atom. The van der Waals surface area contributed by atoms with Gasteiger partial charge < -0.3 is 14.6 Å². The summed E-state index contributed by atoms with van der Waals surface area (Å²) in [6.45, 7) is 5.20. The third kappa shape index (κ3) is 2.73. The minimum atomic E-state index is -0.190. The van der Waals surface area contributed by atoms with Crippen molar-refractivity contribution >= 4 is 34.7 Å². The second-order valence-electron chi connectivity index (χ2n) is 6.28. The number of nitrogens with one attached hydrogen (secondary N) is 1. The number of rotatable bonds is 2. The first-order valence-corrected chi connectivity index (χ1v) is 8.74. The van der Waals surface area contributed by atoms with Crippen LogP contribution in [0.1, 0.15) is 12.5 Å². The Morgan fingerprint density at radius 2 is 2.27 bits per heavy atom. The summed E-state index contributed by atoms with van der Waals surface area (Å²) in [5.74, 6) is 1.95. The Balaban J connectivity index is 1.87. The summed E-state index contributed by atoms with van der Waals surface area (Å²) in [5, 5.41) is 3.63. The van der Waals surface area contributed by atoms with Crippen molar-refractivity contribution in [1.29, 1.82) is 0 Å². The van der Waals surface area contributed by atoms with E-state index >= 15 is 0 Å². The number of oxazole rings is 1. The first kappa shape index (κ1) is 16.6. The van der Waals surface area contributed by atoms with Crippen LogP contribution in [0.25, 0.3) is 22.4 Å². The Morgan fingerprint density at radius 1 is 1.42 bits per heavy atom. The molecule has 26 heavy (non-hydrogen) atoms. The second kappa shape index (κ2) is 6.48. The van der Waals surface area contributed by atoms with E-state index in [0.29, 0.717) is 40.9 Å². The molecule has 0 spiro atoms. The minimum absolute atomic E-state index is 0.190. The summed E-state index contributed by atoms with van der Waals surface area (Å²) in [5.41, 5.74) is 4.43. The van der Waals surface area contributed by atoms with Gasteiger partial charge in [0.05, 0.1) is 11.7 Å². The third-order valence-electron chi connectivity index (χ3n) is 4.62. The van der Waals surface area contributed by atoms with Gasteiger partial charge in [-0.15, -0.1) is 0 Å². The van der Waals surface area contributed by atoms with Crippen molar-refractivity contribution in [1.82, 2.24) is 15.3 Å². The fraction of sp³-hybridized carbons (Fsp3) is 0.263. The highest BCUT2D eigenvalue weighted by Gasteiger charge is 2.28. The van der Waals surface area contributed by atoms with E-state index in [9.17, 15) is 4.79 Å². The van der Waals surface area contributed by atoms with Gasteiger partial charge in [0.1, 0.15) is 17.2 Å². The van der Waals surface area contributed by atoms with Crippen LogP contribution in [0.3, 0.4) is 0 Å². The van der Waals surface area contributed by atoms with E-state index in [2.05, 4.69) is 15.3 Å². The number of aryl methyl sites for hydroxylation is 1. The number of nitrogens with zero attached hydrogens (tertiary/aromatic N) is 3. The zero-order valence-electron chi connectivity index (χ0n) is 14.4. The molecule has 7 heteroatoms. The molecular weight excluding hydrogens is 352 g/mol. The Bertz CT molecular complexity index is 1040. The molecular formula is C19H17ClN4O2. The predicted molar refractivity (Wildman–Crippen MR) is 101 cm³/mol. The van der Waals surface area contributed by atoms with Gasteiger partial charge in [-0.2, -0.15) is 4.98 Å². The van der Waals surface area contributed by atoms with Crippen LogP contribution in [-0.4, -0.2) is 35.0 Å². The molecule has 6 nitrogen and oxygen atoms in total. The average Bonchev–Trinajstić information content (AvgIpc) is 3.05. The second-order valence-corrected chi connectivity index (χ2v) is 6.72. The van der Waals surface area contributed by atoms with Crippen LogP contribution in [0.2, 0.25) is 5.02 Å². The lowest BCUT2D eigenvalue weighted by atomic mass is 10.1. The molecule has 4 rings (SSSR count). The van der Waals surface area contributed by atoms with Gasteiger partial charge in [0.2, 0.25) is 0 Å². The van der Waals surface area contributed by atoms with Gasteiger partial charge in [0, 0.05) is 29.9 Å². The number of halogens is 1. The molecule has 1 aliphatic rings. The quantitative estimate of drug-likeness (QED) is 0.699. The molecule has 3 heterocycles. The summed E-state index contributed by atoms with van der Waals surface area (Å²) < 4.78 is 6.11. The molecule has 0 radical (unpaired) electrons. The van der Waals surface area contributed by atoms with Crippen molar-refractivity contribution in [2.45, 2.75) is 19.9 Å². The number of hydrogen-bond donors (Lipinski definition) is 1. The molecule has 1 atom stereocenters. The van der Waals surface area contributed by atoms with Gasteiger partial charge in [-0.25, -0.2) is 4.79 Å². The third-order valence-corrected chi connectivity index (χ3v) is 4.84. The van der Waals surface area contributed by atoms with Crippen LogP contribution in [0.5, 0.6) is 0 Å². The molecule has 132 valence electrons. The average molecular weight is 369 g/mol. The number of carbonyl (C=O) groups excluding carboxylic acids is 1. The number of piperazine rings is 1. The fourth-order valence-electron chi connectivity index (χ4n) is 3.24. The minimum Gasteiger partial charge on any atom is -0.423 e. The predicted octanol–water partition coefficient (Wildman–Crippen LogP) is 3.37.